The zero-order valence-electron chi connectivity index (χ0n) is 11.9. The van der Waals surface area contributed by atoms with Gasteiger partial charge in [-0.3, -0.25) is 4.98 Å². The molecule has 0 aliphatic rings. The van der Waals surface area contributed by atoms with Crippen molar-refractivity contribution in [1.82, 2.24) is 15.0 Å². The van der Waals surface area contributed by atoms with E-state index < -0.39 is 0 Å². The van der Waals surface area contributed by atoms with Gasteiger partial charge in [0.05, 0.1) is 6.10 Å². The van der Waals surface area contributed by atoms with Gasteiger partial charge < -0.3 is 10.4 Å². The minimum Gasteiger partial charge on any atom is -0.393 e. The van der Waals surface area contributed by atoms with Crippen LogP contribution in [0.4, 0.5) is 5.82 Å². The van der Waals surface area contributed by atoms with Gasteiger partial charge in [-0.25, -0.2) is 9.97 Å². The minimum absolute atomic E-state index is 0.311. The van der Waals surface area contributed by atoms with E-state index in [1.807, 2.05) is 18.2 Å². The van der Waals surface area contributed by atoms with Crippen LogP contribution in [0, 0.1) is 0 Å². The predicted molar refractivity (Wildman–Crippen MR) is 79.4 cm³/mol. The molecular weight excluding hydrogens is 252 g/mol. The summed E-state index contributed by atoms with van der Waals surface area (Å²) in [5.74, 6) is 1.50. The number of hydrogen-bond acceptors (Lipinski definition) is 5. The zero-order chi connectivity index (χ0) is 14.4. The fourth-order valence-corrected chi connectivity index (χ4v) is 1.81. The summed E-state index contributed by atoms with van der Waals surface area (Å²) in [5.41, 5.74) is 1.94. The average Bonchev–Trinajstić information content (AvgIpc) is 2.47. The lowest BCUT2D eigenvalue weighted by molar-refractivity contribution is 0.188. The van der Waals surface area contributed by atoms with Crippen LogP contribution in [0.15, 0.2) is 30.6 Å². The maximum absolute atomic E-state index is 9.28. The molecule has 0 unspecified atom stereocenters. The third-order valence-electron chi connectivity index (χ3n) is 2.95. The van der Waals surface area contributed by atoms with Gasteiger partial charge in [-0.05, 0) is 31.9 Å². The number of aliphatic hydroxyl groups is 1. The highest BCUT2D eigenvalue weighted by atomic mass is 16.3. The van der Waals surface area contributed by atoms with Gasteiger partial charge in [-0.1, -0.05) is 6.92 Å². The molecule has 5 heteroatoms. The Morgan fingerprint density at radius 2 is 2.00 bits per heavy atom. The fourth-order valence-electron chi connectivity index (χ4n) is 1.81. The Labute approximate surface area is 119 Å². The normalized spacial score (nSPS) is 12.2. The minimum atomic E-state index is -0.311. The van der Waals surface area contributed by atoms with E-state index in [0.29, 0.717) is 18.8 Å². The lowest BCUT2D eigenvalue weighted by Gasteiger charge is -2.10. The smallest absolute Gasteiger partial charge is 0.161 e. The van der Waals surface area contributed by atoms with Crippen molar-refractivity contribution in [2.75, 3.05) is 11.9 Å². The molecule has 0 aliphatic heterocycles. The van der Waals surface area contributed by atoms with Gasteiger partial charge in [0.1, 0.15) is 5.82 Å². The van der Waals surface area contributed by atoms with E-state index >= 15 is 0 Å². The number of anilines is 1. The molecule has 0 saturated carbocycles. The van der Waals surface area contributed by atoms with Crippen LogP contribution in [0.5, 0.6) is 0 Å². The third-order valence-corrected chi connectivity index (χ3v) is 2.95. The summed E-state index contributed by atoms with van der Waals surface area (Å²) in [6.45, 7) is 4.54. The third kappa shape index (κ3) is 3.99. The highest BCUT2D eigenvalue weighted by molar-refractivity contribution is 5.56. The molecule has 2 aromatic heterocycles. The van der Waals surface area contributed by atoms with Gasteiger partial charge in [0, 0.05) is 36.3 Å². The molecule has 2 heterocycles. The van der Waals surface area contributed by atoms with Crippen LogP contribution in [0.2, 0.25) is 0 Å². The first kappa shape index (κ1) is 14.4. The van der Waals surface area contributed by atoms with Gasteiger partial charge >= 0.3 is 0 Å². The molecule has 20 heavy (non-hydrogen) atoms. The Morgan fingerprint density at radius 1 is 1.25 bits per heavy atom. The first-order valence-electron chi connectivity index (χ1n) is 6.89. The summed E-state index contributed by atoms with van der Waals surface area (Å²) < 4.78 is 0. The molecule has 5 nitrogen and oxygen atoms in total. The summed E-state index contributed by atoms with van der Waals surface area (Å²) >= 11 is 0. The first-order valence-corrected chi connectivity index (χ1v) is 6.89. The number of hydrogen-bond donors (Lipinski definition) is 2. The number of aryl methyl sites for hydroxylation is 1. The molecule has 1 atom stereocenters. The van der Waals surface area contributed by atoms with Crippen LogP contribution in [-0.2, 0) is 6.42 Å². The van der Waals surface area contributed by atoms with Crippen LogP contribution in [0.25, 0.3) is 11.4 Å². The van der Waals surface area contributed by atoms with Crippen molar-refractivity contribution >= 4 is 5.82 Å². The van der Waals surface area contributed by atoms with Gasteiger partial charge in [-0.2, -0.15) is 0 Å². The van der Waals surface area contributed by atoms with E-state index in [1.54, 1.807) is 19.3 Å². The molecular formula is C15H20N4O. The van der Waals surface area contributed by atoms with Crippen LogP contribution in [0.1, 0.15) is 26.0 Å². The van der Waals surface area contributed by atoms with Crippen LogP contribution in [0.3, 0.4) is 0 Å². The van der Waals surface area contributed by atoms with E-state index in [0.717, 1.165) is 23.5 Å². The lowest BCUT2D eigenvalue weighted by Crippen LogP contribution is -2.11. The Hall–Kier alpha value is -2.01. The second-order valence-electron chi connectivity index (χ2n) is 4.72. The maximum atomic E-state index is 9.28. The molecule has 0 saturated heterocycles. The quantitative estimate of drug-likeness (QED) is 0.844. The molecule has 0 bridgehead atoms. The number of aliphatic hydroxyl groups excluding tert-OH is 1. The van der Waals surface area contributed by atoms with Crippen molar-refractivity contribution < 1.29 is 5.11 Å². The summed E-state index contributed by atoms with van der Waals surface area (Å²) in [4.78, 5) is 13.1. The number of aromatic nitrogens is 3. The molecule has 0 amide bonds. The van der Waals surface area contributed by atoms with Gasteiger partial charge in [0.15, 0.2) is 5.82 Å². The number of pyridine rings is 1. The van der Waals surface area contributed by atoms with E-state index in [2.05, 4.69) is 27.2 Å². The highest BCUT2D eigenvalue weighted by Crippen LogP contribution is 2.17. The second-order valence-corrected chi connectivity index (χ2v) is 4.72. The number of nitrogens with zero attached hydrogens (tertiary/aromatic N) is 3. The molecule has 106 valence electrons. The molecule has 0 spiro atoms. The van der Waals surface area contributed by atoms with Crippen LogP contribution >= 0.6 is 0 Å². The highest BCUT2D eigenvalue weighted by Gasteiger charge is 2.06. The van der Waals surface area contributed by atoms with Crippen LogP contribution in [-0.4, -0.2) is 32.7 Å². The van der Waals surface area contributed by atoms with Crippen molar-refractivity contribution in [3.63, 3.8) is 0 Å². The summed E-state index contributed by atoms with van der Waals surface area (Å²) in [5, 5.41) is 12.5. The Bertz CT molecular complexity index is 543. The van der Waals surface area contributed by atoms with E-state index in [4.69, 9.17) is 0 Å². The standard InChI is InChI=1S/C15H20N4O/c1-3-13-10-14(17-9-4-11(2)20)19-15(18-13)12-5-7-16-8-6-12/h5-8,10-11,20H,3-4,9H2,1-2H3,(H,17,18,19)/t11-/m0/s1. The number of rotatable bonds is 6. The van der Waals surface area contributed by atoms with Gasteiger partial charge in [0.25, 0.3) is 0 Å². The maximum Gasteiger partial charge on any atom is 0.161 e. The van der Waals surface area contributed by atoms with Crippen molar-refractivity contribution in [2.24, 2.45) is 0 Å². The molecule has 2 aromatic rings. The lowest BCUT2D eigenvalue weighted by atomic mass is 10.2. The second kappa shape index (κ2) is 6.96. The van der Waals surface area contributed by atoms with Crippen molar-refractivity contribution in [3.05, 3.63) is 36.3 Å². The molecule has 0 aromatic carbocycles. The van der Waals surface area contributed by atoms with Gasteiger partial charge in [-0.15, -0.1) is 0 Å². The Kier molecular flexibility index (Phi) is 5.01. The summed E-state index contributed by atoms with van der Waals surface area (Å²) in [6.07, 6.45) is 4.70. The zero-order valence-corrected chi connectivity index (χ0v) is 11.9. The molecule has 0 aliphatic carbocycles. The first-order chi connectivity index (χ1) is 9.69. The monoisotopic (exact) mass is 272 g/mol. The van der Waals surface area contributed by atoms with Gasteiger partial charge in [0.2, 0.25) is 0 Å². The van der Waals surface area contributed by atoms with E-state index in [1.165, 1.54) is 0 Å². The van der Waals surface area contributed by atoms with E-state index in [9.17, 15) is 5.11 Å². The average molecular weight is 272 g/mol. The molecule has 2 rings (SSSR count). The van der Waals surface area contributed by atoms with E-state index in [-0.39, 0.29) is 6.10 Å². The van der Waals surface area contributed by atoms with Crippen molar-refractivity contribution in [1.29, 1.82) is 0 Å². The van der Waals surface area contributed by atoms with Crippen LogP contribution < -0.4 is 5.32 Å². The molecule has 0 fully saturated rings. The van der Waals surface area contributed by atoms with Crippen molar-refractivity contribution in [3.8, 4) is 11.4 Å². The fraction of sp³-hybridized carbons (Fsp3) is 0.400. The Balaban J connectivity index is 2.20. The summed E-state index contributed by atoms with van der Waals surface area (Å²) in [6, 6.07) is 5.75. The largest absolute Gasteiger partial charge is 0.393 e. The number of nitrogens with one attached hydrogen (secondary N) is 1. The predicted octanol–water partition coefficient (Wildman–Crippen LogP) is 2.28. The van der Waals surface area contributed by atoms with Crippen molar-refractivity contribution in [2.45, 2.75) is 32.8 Å². The Morgan fingerprint density at radius 3 is 2.65 bits per heavy atom. The molecule has 0 radical (unpaired) electrons. The SMILES string of the molecule is CCc1cc(NCC[C@H](C)O)nc(-c2ccncc2)n1. The topological polar surface area (TPSA) is 70.9 Å². The molecule has 2 N–H and O–H groups in total. The summed E-state index contributed by atoms with van der Waals surface area (Å²) in [7, 11) is 0.